The second-order valence-electron chi connectivity index (χ2n) is 4.17. The zero-order chi connectivity index (χ0) is 13.9. The van der Waals surface area contributed by atoms with Crippen molar-refractivity contribution in [3.8, 4) is 0 Å². The Bertz CT molecular complexity index is 534. The Kier molecular flexibility index (Phi) is 4.95. The lowest BCUT2D eigenvalue weighted by Crippen LogP contribution is -2.28. The summed E-state index contributed by atoms with van der Waals surface area (Å²) in [7, 11) is -3.76. The van der Waals surface area contributed by atoms with E-state index in [2.05, 4.69) is 4.72 Å². The molecule has 0 amide bonds. The smallest absolute Gasteiger partial charge is 0.242 e. The topological polar surface area (TPSA) is 72.2 Å². The Morgan fingerprint density at radius 2 is 2.11 bits per heavy atom. The lowest BCUT2D eigenvalue weighted by atomic mass is 10.1. The number of benzene rings is 1. The van der Waals surface area contributed by atoms with E-state index in [9.17, 15) is 12.8 Å². The van der Waals surface area contributed by atoms with Gasteiger partial charge in [-0.2, -0.15) is 0 Å². The zero-order valence-corrected chi connectivity index (χ0v) is 11.8. The van der Waals surface area contributed by atoms with Crippen molar-refractivity contribution >= 4 is 27.3 Å². The summed E-state index contributed by atoms with van der Waals surface area (Å²) in [5.74, 6) is -0.530. The first kappa shape index (κ1) is 15.2. The van der Waals surface area contributed by atoms with E-state index >= 15 is 0 Å². The average molecular weight is 295 g/mol. The molecular weight excluding hydrogens is 279 g/mol. The van der Waals surface area contributed by atoms with Gasteiger partial charge in [-0.1, -0.05) is 31.9 Å². The highest BCUT2D eigenvalue weighted by molar-refractivity contribution is 7.89. The van der Waals surface area contributed by atoms with Gasteiger partial charge in [0.05, 0.1) is 10.7 Å². The number of hydrogen-bond acceptors (Lipinski definition) is 3. The molecule has 0 aliphatic heterocycles. The van der Waals surface area contributed by atoms with Gasteiger partial charge in [0.1, 0.15) is 10.7 Å². The van der Waals surface area contributed by atoms with E-state index in [0.717, 1.165) is 18.6 Å². The summed E-state index contributed by atoms with van der Waals surface area (Å²) in [5, 5.41) is -0.182. The van der Waals surface area contributed by atoms with E-state index in [4.69, 9.17) is 17.3 Å². The summed E-state index contributed by atoms with van der Waals surface area (Å²) >= 11 is 5.72. The molecule has 3 N–H and O–H groups in total. The molecule has 4 nitrogen and oxygen atoms in total. The molecule has 0 heterocycles. The van der Waals surface area contributed by atoms with Gasteiger partial charge in [-0.15, -0.1) is 0 Å². The Labute approximate surface area is 111 Å². The highest BCUT2D eigenvalue weighted by atomic mass is 35.5. The molecule has 0 fully saturated rings. The zero-order valence-electron chi connectivity index (χ0n) is 10.2. The Morgan fingerprint density at radius 3 is 2.67 bits per heavy atom. The van der Waals surface area contributed by atoms with Crippen molar-refractivity contribution < 1.29 is 12.8 Å². The SMILES string of the molecule is CCC(C)CNS(=O)(=O)c1cc(N)c(F)cc1Cl. The van der Waals surface area contributed by atoms with Crippen molar-refractivity contribution in [2.75, 3.05) is 12.3 Å². The molecule has 18 heavy (non-hydrogen) atoms. The number of nitrogens with two attached hydrogens (primary N) is 1. The standard InChI is InChI=1S/C11H16ClFN2O2S/c1-3-7(2)6-15-18(16,17)11-5-10(14)9(13)4-8(11)12/h4-5,7,15H,3,6,14H2,1-2H3. The number of rotatable bonds is 5. The molecule has 1 aromatic rings. The molecule has 0 bridgehead atoms. The minimum absolute atomic E-state index is 0.182. The average Bonchev–Trinajstić information content (AvgIpc) is 2.30. The number of anilines is 1. The minimum atomic E-state index is -3.76. The van der Waals surface area contributed by atoms with Crippen LogP contribution in [0.2, 0.25) is 5.02 Å². The van der Waals surface area contributed by atoms with Crippen LogP contribution in [0.15, 0.2) is 17.0 Å². The van der Waals surface area contributed by atoms with Crippen LogP contribution < -0.4 is 10.5 Å². The van der Waals surface area contributed by atoms with E-state index in [0.29, 0.717) is 6.54 Å². The van der Waals surface area contributed by atoms with Crippen molar-refractivity contribution in [1.82, 2.24) is 4.72 Å². The molecule has 1 rings (SSSR count). The van der Waals surface area contributed by atoms with Crippen molar-refractivity contribution in [3.63, 3.8) is 0 Å². The van der Waals surface area contributed by atoms with Gasteiger partial charge in [-0.3, -0.25) is 0 Å². The maximum Gasteiger partial charge on any atom is 0.242 e. The first-order chi connectivity index (χ1) is 8.27. The Balaban J connectivity index is 3.02. The van der Waals surface area contributed by atoms with Gasteiger partial charge < -0.3 is 5.73 Å². The van der Waals surface area contributed by atoms with Gasteiger partial charge in [-0.25, -0.2) is 17.5 Å². The van der Waals surface area contributed by atoms with E-state index in [1.807, 2.05) is 13.8 Å². The number of nitrogens with one attached hydrogen (secondary N) is 1. The van der Waals surface area contributed by atoms with Crippen LogP contribution in [0.3, 0.4) is 0 Å². The van der Waals surface area contributed by atoms with Gasteiger partial charge in [0.25, 0.3) is 0 Å². The van der Waals surface area contributed by atoms with Crippen LogP contribution in [0.25, 0.3) is 0 Å². The third-order valence-electron chi connectivity index (χ3n) is 2.66. The van der Waals surface area contributed by atoms with E-state index in [1.54, 1.807) is 0 Å². The van der Waals surface area contributed by atoms with Crippen molar-refractivity contribution in [2.45, 2.75) is 25.2 Å². The molecular formula is C11H16ClFN2O2S. The summed E-state index contributed by atoms with van der Waals surface area (Å²) in [6.45, 7) is 4.18. The fourth-order valence-electron chi connectivity index (χ4n) is 1.22. The molecule has 0 saturated carbocycles. The number of sulfonamides is 1. The van der Waals surface area contributed by atoms with Crippen LogP contribution in [-0.2, 0) is 10.0 Å². The highest BCUT2D eigenvalue weighted by Crippen LogP contribution is 2.26. The van der Waals surface area contributed by atoms with Crippen LogP contribution in [0.5, 0.6) is 0 Å². The van der Waals surface area contributed by atoms with E-state index in [1.165, 1.54) is 0 Å². The molecule has 0 aromatic heterocycles. The number of nitrogen functional groups attached to an aromatic ring is 1. The van der Waals surface area contributed by atoms with Crippen LogP contribution in [0.4, 0.5) is 10.1 Å². The maximum absolute atomic E-state index is 13.1. The van der Waals surface area contributed by atoms with Crippen LogP contribution in [0, 0.1) is 11.7 Å². The third kappa shape index (κ3) is 3.57. The summed E-state index contributed by atoms with van der Waals surface area (Å²) < 4.78 is 39.4. The van der Waals surface area contributed by atoms with Crippen molar-refractivity contribution in [2.24, 2.45) is 5.92 Å². The fourth-order valence-corrected chi connectivity index (χ4v) is 2.94. The fraction of sp³-hybridized carbons (Fsp3) is 0.455. The largest absolute Gasteiger partial charge is 0.396 e. The summed E-state index contributed by atoms with van der Waals surface area (Å²) in [5.41, 5.74) is 5.10. The molecule has 7 heteroatoms. The normalized spacial score (nSPS) is 13.6. The summed E-state index contributed by atoms with van der Waals surface area (Å²) in [6.07, 6.45) is 0.849. The van der Waals surface area contributed by atoms with Crippen molar-refractivity contribution in [1.29, 1.82) is 0 Å². The van der Waals surface area contributed by atoms with Gasteiger partial charge in [0.15, 0.2) is 0 Å². The lowest BCUT2D eigenvalue weighted by molar-refractivity contribution is 0.528. The molecule has 1 unspecified atom stereocenters. The van der Waals surface area contributed by atoms with Crippen LogP contribution in [0.1, 0.15) is 20.3 Å². The second-order valence-corrected chi connectivity index (χ2v) is 6.31. The minimum Gasteiger partial charge on any atom is -0.396 e. The highest BCUT2D eigenvalue weighted by Gasteiger charge is 2.20. The molecule has 0 radical (unpaired) electrons. The molecule has 102 valence electrons. The molecule has 1 aromatic carbocycles. The molecule has 0 saturated heterocycles. The van der Waals surface area contributed by atoms with Gasteiger partial charge in [-0.05, 0) is 18.1 Å². The monoisotopic (exact) mass is 294 g/mol. The van der Waals surface area contributed by atoms with Crippen LogP contribution in [-0.4, -0.2) is 15.0 Å². The molecule has 0 spiro atoms. The Hall–Kier alpha value is -0.850. The molecule has 0 aliphatic carbocycles. The van der Waals surface area contributed by atoms with Gasteiger partial charge >= 0.3 is 0 Å². The predicted molar refractivity (Wildman–Crippen MR) is 70.5 cm³/mol. The summed E-state index contributed by atoms with van der Waals surface area (Å²) in [6, 6.07) is 1.92. The van der Waals surface area contributed by atoms with Gasteiger partial charge in [0.2, 0.25) is 10.0 Å². The third-order valence-corrected chi connectivity index (χ3v) is 4.55. The first-order valence-corrected chi connectivity index (χ1v) is 7.38. The first-order valence-electron chi connectivity index (χ1n) is 5.52. The lowest BCUT2D eigenvalue weighted by Gasteiger charge is -2.12. The summed E-state index contributed by atoms with van der Waals surface area (Å²) in [4.78, 5) is -0.202. The number of halogens is 2. The van der Waals surface area contributed by atoms with E-state index < -0.39 is 15.8 Å². The predicted octanol–water partition coefficient (Wildman–Crippen LogP) is 2.39. The van der Waals surface area contributed by atoms with Crippen molar-refractivity contribution in [3.05, 3.63) is 23.0 Å². The van der Waals surface area contributed by atoms with E-state index in [-0.39, 0.29) is 21.5 Å². The molecule has 0 aliphatic rings. The quantitative estimate of drug-likeness (QED) is 0.819. The second kappa shape index (κ2) is 5.86. The number of hydrogen-bond donors (Lipinski definition) is 2. The molecule has 1 atom stereocenters. The van der Waals surface area contributed by atoms with Crippen LogP contribution >= 0.6 is 11.6 Å². The Morgan fingerprint density at radius 1 is 1.50 bits per heavy atom. The van der Waals surface area contributed by atoms with Gasteiger partial charge in [0, 0.05) is 6.54 Å². The maximum atomic E-state index is 13.1.